The predicted octanol–water partition coefficient (Wildman–Crippen LogP) is 5.34. The molecule has 0 aromatic heterocycles. The first-order valence-electron chi connectivity index (χ1n) is 12.1. The van der Waals surface area contributed by atoms with Crippen LogP contribution in [0.2, 0.25) is 0 Å². The molecule has 4 aliphatic rings. The number of carbonyl (C=O) groups is 1. The molecule has 32 heavy (non-hydrogen) atoms. The van der Waals surface area contributed by atoms with Crippen molar-refractivity contribution < 1.29 is 14.3 Å². The zero-order valence-electron chi connectivity index (χ0n) is 19.2. The number of benzene rings is 2. The fourth-order valence-corrected chi connectivity index (χ4v) is 5.54. The van der Waals surface area contributed by atoms with Gasteiger partial charge in [-0.15, -0.1) is 0 Å². The minimum atomic E-state index is -0.268. The molecule has 6 rings (SSSR count). The number of piperidine rings is 3. The third-order valence-electron chi connectivity index (χ3n) is 7.17. The maximum Gasteiger partial charge on any atom is 0.407 e. The standard InChI is InChI=1S/C27H34N2O3/c1-18(2)31-25-9-4-3-7-22(25)21-11-10-19-6-5-8-24(23(19)16-21)28-27(30)32-26-17-29-14-12-20(26)13-15-29/h3-4,7,9-11,16,18,20,24,26H,5-6,8,12-15,17H2,1-2H3,(H,28,30)/t24?,26-/m0/s1. The second-order valence-corrected chi connectivity index (χ2v) is 9.75. The molecule has 170 valence electrons. The summed E-state index contributed by atoms with van der Waals surface area (Å²) in [6.07, 6.45) is 5.23. The van der Waals surface area contributed by atoms with Crippen LogP contribution >= 0.6 is 0 Å². The van der Waals surface area contributed by atoms with E-state index in [-0.39, 0.29) is 24.3 Å². The first-order valence-corrected chi connectivity index (χ1v) is 12.1. The Balaban J connectivity index is 1.34. The molecule has 3 saturated heterocycles. The van der Waals surface area contributed by atoms with E-state index in [1.165, 1.54) is 11.1 Å². The van der Waals surface area contributed by atoms with Gasteiger partial charge in [0.2, 0.25) is 0 Å². The SMILES string of the molecule is CC(C)Oc1ccccc1-c1ccc2c(c1)C(NC(=O)O[C@H]1CN3CCC1CC3)CCC2. The van der Waals surface area contributed by atoms with Crippen molar-refractivity contribution in [2.75, 3.05) is 19.6 Å². The molecule has 2 bridgehead atoms. The molecule has 0 spiro atoms. The number of carbonyl (C=O) groups excluding carboxylic acids is 1. The summed E-state index contributed by atoms with van der Waals surface area (Å²) in [6.45, 7) is 7.27. The first kappa shape index (κ1) is 21.3. The molecule has 2 aromatic carbocycles. The Morgan fingerprint density at radius 3 is 2.66 bits per heavy atom. The fraction of sp³-hybridized carbons (Fsp3) is 0.519. The number of hydrogen-bond donors (Lipinski definition) is 1. The lowest BCUT2D eigenvalue weighted by atomic mass is 9.85. The van der Waals surface area contributed by atoms with Crippen LogP contribution in [-0.2, 0) is 11.2 Å². The van der Waals surface area contributed by atoms with Crippen molar-refractivity contribution in [3.8, 4) is 16.9 Å². The number of fused-ring (bicyclic) bond motifs is 4. The van der Waals surface area contributed by atoms with Crippen LogP contribution in [0.5, 0.6) is 5.75 Å². The zero-order valence-corrected chi connectivity index (χ0v) is 19.2. The number of hydrogen-bond acceptors (Lipinski definition) is 4. The normalized spacial score (nSPS) is 26.5. The summed E-state index contributed by atoms with van der Waals surface area (Å²) in [6, 6.07) is 14.8. The van der Waals surface area contributed by atoms with Crippen LogP contribution in [0.15, 0.2) is 42.5 Å². The molecular formula is C27H34N2O3. The zero-order chi connectivity index (χ0) is 22.1. The highest BCUT2D eigenvalue weighted by molar-refractivity contribution is 5.73. The third kappa shape index (κ3) is 4.49. The maximum atomic E-state index is 12.8. The molecule has 5 heteroatoms. The van der Waals surface area contributed by atoms with Gasteiger partial charge in [-0.1, -0.05) is 30.3 Å². The van der Waals surface area contributed by atoms with Crippen LogP contribution in [0, 0.1) is 5.92 Å². The summed E-state index contributed by atoms with van der Waals surface area (Å²) >= 11 is 0. The highest BCUT2D eigenvalue weighted by Crippen LogP contribution is 2.37. The van der Waals surface area contributed by atoms with E-state index in [1.54, 1.807) is 0 Å². The van der Waals surface area contributed by atoms with Crippen LogP contribution in [0.25, 0.3) is 11.1 Å². The first-order chi connectivity index (χ1) is 15.6. The van der Waals surface area contributed by atoms with Gasteiger partial charge in [0.05, 0.1) is 12.1 Å². The van der Waals surface area contributed by atoms with Gasteiger partial charge in [-0.2, -0.15) is 0 Å². The summed E-state index contributed by atoms with van der Waals surface area (Å²) in [7, 11) is 0. The Kier molecular flexibility index (Phi) is 6.09. The molecular weight excluding hydrogens is 400 g/mol. The van der Waals surface area contributed by atoms with Gasteiger partial charge in [0.25, 0.3) is 0 Å². The van der Waals surface area contributed by atoms with E-state index in [2.05, 4.69) is 34.5 Å². The van der Waals surface area contributed by atoms with Crippen molar-refractivity contribution in [3.63, 3.8) is 0 Å². The molecule has 5 nitrogen and oxygen atoms in total. The number of nitrogens with one attached hydrogen (secondary N) is 1. The quantitative estimate of drug-likeness (QED) is 0.690. The third-order valence-corrected chi connectivity index (χ3v) is 7.17. The van der Waals surface area contributed by atoms with Gasteiger partial charge < -0.3 is 14.8 Å². The maximum absolute atomic E-state index is 12.8. The molecule has 1 unspecified atom stereocenters. The monoisotopic (exact) mass is 434 g/mol. The van der Waals surface area contributed by atoms with Crippen LogP contribution in [0.3, 0.4) is 0 Å². The Morgan fingerprint density at radius 2 is 1.91 bits per heavy atom. The number of para-hydroxylation sites is 1. The summed E-state index contributed by atoms with van der Waals surface area (Å²) < 4.78 is 12.0. The summed E-state index contributed by atoms with van der Waals surface area (Å²) in [5.41, 5.74) is 4.73. The predicted molar refractivity (Wildman–Crippen MR) is 126 cm³/mol. The average molecular weight is 435 g/mol. The Morgan fingerprint density at radius 1 is 1.09 bits per heavy atom. The van der Waals surface area contributed by atoms with Crippen LogP contribution in [0.4, 0.5) is 4.79 Å². The Bertz CT molecular complexity index is 965. The van der Waals surface area contributed by atoms with E-state index in [0.29, 0.717) is 5.92 Å². The van der Waals surface area contributed by atoms with E-state index in [0.717, 1.165) is 68.6 Å². The second-order valence-electron chi connectivity index (χ2n) is 9.75. The number of nitrogens with zero attached hydrogens (tertiary/aromatic N) is 1. The average Bonchev–Trinajstić information content (AvgIpc) is 2.80. The minimum absolute atomic E-state index is 0.00883. The summed E-state index contributed by atoms with van der Waals surface area (Å²) in [4.78, 5) is 15.2. The van der Waals surface area contributed by atoms with Crippen LogP contribution in [-0.4, -0.2) is 42.8 Å². The lowest BCUT2D eigenvalue weighted by molar-refractivity contribution is -0.0340. The van der Waals surface area contributed by atoms with Gasteiger partial charge in [0.1, 0.15) is 11.9 Å². The number of rotatable bonds is 5. The summed E-state index contributed by atoms with van der Waals surface area (Å²) in [5.74, 6) is 1.41. The van der Waals surface area contributed by atoms with Gasteiger partial charge in [0, 0.05) is 12.1 Å². The number of amides is 1. The van der Waals surface area contributed by atoms with Gasteiger partial charge in [-0.05, 0) is 93.8 Å². The molecule has 3 heterocycles. The molecule has 1 aliphatic carbocycles. The highest BCUT2D eigenvalue weighted by atomic mass is 16.6. The Labute approximate surface area is 191 Å². The van der Waals surface area contributed by atoms with Crippen molar-refractivity contribution in [2.24, 2.45) is 5.92 Å². The molecule has 2 aromatic rings. The van der Waals surface area contributed by atoms with E-state index >= 15 is 0 Å². The van der Waals surface area contributed by atoms with Crippen LogP contribution in [0.1, 0.15) is 56.7 Å². The smallest absolute Gasteiger partial charge is 0.407 e. The largest absolute Gasteiger partial charge is 0.490 e. The number of aryl methyl sites for hydroxylation is 1. The van der Waals surface area contributed by atoms with E-state index < -0.39 is 0 Å². The second kappa shape index (κ2) is 9.14. The van der Waals surface area contributed by atoms with Crippen LogP contribution < -0.4 is 10.1 Å². The van der Waals surface area contributed by atoms with Gasteiger partial charge >= 0.3 is 6.09 Å². The lowest BCUT2D eigenvalue weighted by Crippen LogP contribution is -2.52. The highest BCUT2D eigenvalue weighted by Gasteiger charge is 2.37. The lowest BCUT2D eigenvalue weighted by Gasteiger charge is -2.44. The van der Waals surface area contributed by atoms with Gasteiger partial charge in [0.15, 0.2) is 0 Å². The van der Waals surface area contributed by atoms with Crippen molar-refractivity contribution in [1.82, 2.24) is 10.2 Å². The van der Waals surface area contributed by atoms with Gasteiger partial charge in [-0.3, -0.25) is 4.90 Å². The van der Waals surface area contributed by atoms with Crippen molar-refractivity contribution >= 4 is 6.09 Å². The molecule has 3 fully saturated rings. The van der Waals surface area contributed by atoms with Crippen molar-refractivity contribution in [3.05, 3.63) is 53.6 Å². The number of ether oxygens (including phenoxy) is 2. The molecule has 1 N–H and O–H groups in total. The van der Waals surface area contributed by atoms with E-state index in [9.17, 15) is 4.79 Å². The van der Waals surface area contributed by atoms with E-state index in [4.69, 9.17) is 9.47 Å². The molecule has 2 atom stereocenters. The van der Waals surface area contributed by atoms with Crippen molar-refractivity contribution in [2.45, 2.75) is 64.2 Å². The summed E-state index contributed by atoms with van der Waals surface area (Å²) in [5, 5.41) is 3.20. The number of alkyl carbamates (subject to hydrolysis) is 1. The molecule has 0 radical (unpaired) electrons. The molecule has 3 aliphatic heterocycles. The molecule has 0 saturated carbocycles. The van der Waals surface area contributed by atoms with Gasteiger partial charge in [-0.25, -0.2) is 4.79 Å². The fourth-order valence-electron chi connectivity index (χ4n) is 5.54. The van der Waals surface area contributed by atoms with Crippen molar-refractivity contribution in [1.29, 1.82) is 0 Å². The minimum Gasteiger partial charge on any atom is -0.490 e. The van der Waals surface area contributed by atoms with E-state index in [1.807, 2.05) is 32.0 Å². The Hall–Kier alpha value is -2.53. The molecule has 1 amide bonds. The topological polar surface area (TPSA) is 50.8 Å².